The van der Waals surface area contributed by atoms with Crippen molar-refractivity contribution in [3.8, 4) is 0 Å². The van der Waals surface area contributed by atoms with Gasteiger partial charge in [0.05, 0.1) is 0 Å². The molecule has 0 radical (unpaired) electrons. The van der Waals surface area contributed by atoms with Crippen LogP contribution in [-0.4, -0.2) is 0 Å². The van der Waals surface area contributed by atoms with Gasteiger partial charge in [0.1, 0.15) is 10.8 Å². The molecule has 4 aromatic carbocycles. The molecule has 0 aliphatic carbocycles. The van der Waals surface area contributed by atoms with Crippen molar-refractivity contribution in [3.05, 3.63) is 133 Å². The van der Waals surface area contributed by atoms with Gasteiger partial charge in [-0.15, -0.1) is 11.3 Å². The Bertz CT molecular complexity index is 2460. The molecule has 0 unspecified atom stereocenters. The highest BCUT2D eigenvalue weighted by Gasteiger charge is 2.23. The average molecular weight is 561 g/mol. The quantitative estimate of drug-likeness (QED) is 0.163. The van der Waals surface area contributed by atoms with Crippen molar-refractivity contribution in [2.75, 3.05) is 0 Å². The second kappa shape index (κ2) is 9.20. The first-order valence-corrected chi connectivity index (χ1v) is 15.4. The predicted molar refractivity (Wildman–Crippen MR) is 179 cm³/mol. The zero-order chi connectivity index (χ0) is 28.6. The van der Waals surface area contributed by atoms with Gasteiger partial charge in [-0.2, -0.15) is 8.80 Å². The van der Waals surface area contributed by atoms with E-state index in [0.717, 1.165) is 0 Å². The third-order valence-electron chi connectivity index (χ3n) is 8.60. The molecule has 8 aromatic rings. The van der Waals surface area contributed by atoms with Crippen molar-refractivity contribution in [3.63, 3.8) is 0 Å². The molecule has 0 spiro atoms. The first kappa shape index (κ1) is 25.1. The van der Waals surface area contributed by atoms with E-state index in [1.54, 1.807) is 0 Å². The van der Waals surface area contributed by atoms with Gasteiger partial charge in [0.25, 0.3) is 0 Å². The first-order valence-electron chi connectivity index (χ1n) is 14.6. The van der Waals surface area contributed by atoms with Crippen LogP contribution in [0, 0.1) is 6.92 Å². The molecule has 0 bridgehead atoms. The predicted octanol–water partition coefficient (Wildman–Crippen LogP) is 9.72. The zero-order valence-electron chi connectivity index (χ0n) is 24.3. The number of aryl methyl sites for hydroxylation is 1. The summed E-state index contributed by atoms with van der Waals surface area (Å²) in [5.41, 5.74) is 7.36. The molecule has 0 N–H and O–H groups in total. The summed E-state index contributed by atoms with van der Waals surface area (Å²) in [5.74, 6) is 0. The lowest BCUT2D eigenvalue weighted by Gasteiger charge is -2.17. The van der Waals surface area contributed by atoms with Gasteiger partial charge in [-0.05, 0) is 58.3 Å². The molecule has 0 aliphatic rings. The van der Waals surface area contributed by atoms with Crippen LogP contribution in [0.2, 0.25) is 0 Å². The highest BCUT2D eigenvalue weighted by atomic mass is 32.1. The standard InChI is InChI=1S/C39H32N2S/c1-25-17-18-34-30-14-7-9-15-33(30)40-20-19-26(39(2,3)4)21-35(40)32-22-31-28-12-6-5-11-27(28)29-13-8-10-16-37(29)42-38(31)23-36(32)41(34)24-25/h5-24H,1-4H3/q+2. The van der Waals surface area contributed by atoms with Crippen LogP contribution in [0.25, 0.3) is 63.8 Å². The molecule has 4 aromatic heterocycles. The fourth-order valence-corrected chi connectivity index (χ4v) is 7.55. The van der Waals surface area contributed by atoms with Gasteiger partial charge in [-0.25, -0.2) is 0 Å². The fraction of sp³-hybridized carbons (Fsp3) is 0.128. The number of pyridine rings is 2. The number of para-hydroxylation sites is 1. The van der Waals surface area contributed by atoms with Gasteiger partial charge in [-0.1, -0.05) is 75.4 Å². The minimum atomic E-state index is 0.0229. The zero-order valence-corrected chi connectivity index (χ0v) is 25.2. The second-order valence-electron chi connectivity index (χ2n) is 12.4. The largest absolute Gasteiger partial charge is 0.226 e. The SMILES string of the molecule is Cc1ccc2c3ccccc3[n+]3ccc(C(C)(C)C)cc3c3cc4c(cc3[n+]2c1)sc1ccccc1c1ccccc41. The molecule has 0 amide bonds. The van der Waals surface area contributed by atoms with E-state index < -0.39 is 0 Å². The number of aromatic nitrogens is 2. The molecule has 42 heavy (non-hydrogen) atoms. The monoisotopic (exact) mass is 560 g/mol. The van der Waals surface area contributed by atoms with Crippen molar-refractivity contribution in [2.24, 2.45) is 0 Å². The van der Waals surface area contributed by atoms with Crippen LogP contribution in [0.3, 0.4) is 0 Å². The van der Waals surface area contributed by atoms with E-state index in [2.05, 4.69) is 158 Å². The third kappa shape index (κ3) is 3.84. The molecule has 0 atom stereocenters. The van der Waals surface area contributed by atoms with Gasteiger partial charge >= 0.3 is 0 Å². The Morgan fingerprint density at radius 2 is 1.14 bits per heavy atom. The number of nitrogens with zero attached hydrogens (tertiary/aromatic N) is 2. The Balaban J connectivity index is 1.75. The van der Waals surface area contributed by atoms with Crippen molar-refractivity contribution in [1.82, 2.24) is 0 Å². The summed E-state index contributed by atoms with van der Waals surface area (Å²) >= 11 is 1.88. The van der Waals surface area contributed by atoms with Crippen LogP contribution in [0.1, 0.15) is 31.9 Å². The van der Waals surface area contributed by atoms with E-state index in [4.69, 9.17) is 0 Å². The molecular formula is C39H32N2S+2. The molecule has 0 saturated heterocycles. The lowest BCUT2D eigenvalue weighted by molar-refractivity contribution is -0.488. The van der Waals surface area contributed by atoms with Crippen LogP contribution < -0.4 is 8.80 Å². The molecular weight excluding hydrogens is 529 g/mol. The number of rotatable bonds is 0. The van der Waals surface area contributed by atoms with Crippen LogP contribution in [0.4, 0.5) is 0 Å². The van der Waals surface area contributed by atoms with Crippen molar-refractivity contribution in [2.45, 2.75) is 33.1 Å². The maximum atomic E-state index is 2.45. The van der Waals surface area contributed by atoms with E-state index in [9.17, 15) is 0 Å². The highest BCUT2D eigenvalue weighted by molar-refractivity contribution is 7.24. The summed E-state index contributed by atoms with van der Waals surface area (Å²) in [6.45, 7) is 9.08. The Labute approximate surface area is 249 Å². The summed E-state index contributed by atoms with van der Waals surface area (Å²) in [6, 6.07) is 40.6. The van der Waals surface area contributed by atoms with Gasteiger partial charge in [0.2, 0.25) is 22.1 Å². The molecule has 0 saturated carbocycles. The number of hydrogen-bond acceptors (Lipinski definition) is 1. The maximum absolute atomic E-state index is 2.45. The third-order valence-corrected chi connectivity index (χ3v) is 9.74. The minimum absolute atomic E-state index is 0.0229. The molecule has 0 aliphatic heterocycles. The highest BCUT2D eigenvalue weighted by Crippen LogP contribution is 2.37. The second-order valence-corrected chi connectivity index (χ2v) is 13.5. The number of hydrogen-bond donors (Lipinski definition) is 0. The Morgan fingerprint density at radius 1 is 0.500 bits per heavy atom. The average Bonchev–Trinajstić information content (AvgIpc) is 3.13. The maximum Gasteiger partial charge on any atom is 0.226 e. The van der Waals surface area contributed by atoms with Gasteiger partial charge in [0.15, 0.2) is 12.4 Å². The summed E-state index contributed by atoms with van der Waals surface area (Å²) in [6.07, 6.45) is 4.57. The summed E-state index contributed by atoms with van der Waals surface area (Å²) < 4.78 is 7.38. The Hall–Kier alpha value is -4.60. The summed E-state index contributed by atoms with van der Waals surface area (Å²) in [5, 5.41) is 7.59. The number of fused-ring (bicyclic) bond motifs is 13. The minimum Gasteiger partial charge on any atom is -0.159 e. The molecule has 3 heteroatoms. The Morgan fingerprint density at radius 3 is 1.93 bits per heavy atom. The van der Waals surface area contributed by atoms with Gasteiger partial charge < -0.3 is 0 Å². The van der Waals surface area contributed by atoms with E-state index in [0.29, 0.717) is 0 Å². The molecule has 202 valence electrons. The molecule has 8 rings (SSSR count). The van der Waals surface area contributed by atoms with E-state index in [1.165, 1.54) is 74.9 Å². The molecule has 2 nitrogen and oxygen atoms in total. The van der Waals surface area contributed by atoms with Gasteiger partial charge in [0, 0.05) is 50.7 Å². The Kier molecular flexibility index (Phi) is 5.51. The van der Waals surface area contributed by atoms with E-state index in [-0.39, 0.29) is 5.41 Å². The fourth-order valence-electron chi connectivity index (χ4n) is 6.43. The van der Waals surface area contributed by atoms with E-state index >= 15 is 0 Å². The molecule has 4 heterocycles. The van der Waals surface area contributed by atoms with Crippen molar-refractivity contribution in [1.29, 1.82) is 0 Å². The lowest BCUT2D eigenvalue weighted by atomic mass is 9.87. The first-order chi connectivity index (χ1) is 20.4. The summed E-state index contributed by atoms with van der Waals surface area (Å²) in [4.78, 5) is 0. The van der Waals surface area contributed by atoms with Crippen LogP contribution in [-0.2, 0) is 5.41 Å². The van der Waals surface area contributed by atoms with Crippen LogP contribution >= 0.6 is 11.3 Å². The molecule has 0 fully saturated rings. The van der Waals surface area contributed by atoms with Crippen LogP contribution in [0.15, 0.2) is 122 Å². The van der Waals surface area contributed by atoms with Gasteiger partial charge in [-0.3, -0.25) is 0 Å². The normalized spacial score (nSPS) is 12.3. The van der Waals surface area contributed by atoms with E-state index in [1.807, 2.05) is 11.3 Å². The van der Waals surface area contributed by atoms with Crippen LogP contribution in [0.5, 0.6) is 0 Å². The van der Waals surface area contributed by atoms with Crippen molar-refractivity contribution < 1.29 is 8.80 Å². The lowest BCUT2D eigenvalue weighted by Crippen LogP contribution is -2.28. The topological polar surface area (TPSA) is 8.20 Å². The smallest absolute Gasteiger partial charge is 0.159 e. The summed E-state index contributed by atoms with van der Waals surface area (Å²) in [7, 11) is 0. The van der Waals surface area contributed by atoms with Crippen molar-refractivity contribution >= 4 is 75.1 Å². The number of benzene rings is 4.